The van der Waals surface area contributed by atoms with Crippen molar-refractivity contribution in [1.29, 1.82) is 0 Å². The molecule has 2 atom stereocenters. The fourth-order valence-electron chi connectivity index (χ4n) is 2.68. The third kappa shape index (κ3) is 3.20. The van der Waals surface area contributed by atoms with E-state index in [2.05, 4.69) is 47.8 Å². The van der Waals surface area contributed by atoms with Gasteiger partial charge < -0.3 is 10.1 Å². The van der Waals surface area contributed by atoms with Crippen LogP contribution >= 0.6 is 0 Å². The molecule has 20 heavy (non-hydrogen) atoms. The average Bonchev–Trinajstić information content (AvgIpc) is 3.28. The lowest BCUT2D eigenvalue weighted by molar-refractivity contribution is 0.414. The summed E-state index contributed by atoms with van der Waals surface area (Å²) in [7, 11) is 1.70. The number of hydrogen-bond donors (Lipinski definition) is 1. The first-order valence-corrected chi connectivity index (χ1v) is 7.28. The second-order valence-electron chi connectivity index (χ2n) is 5.41. The average molecular weight is 267 g/mol. The molecule has 0 aromatic heterocycles. The van der Waals surface area contributed by atoms with E-state index in [0.29, 0.717) is 12.0 Å². The molecule has 2 aromatic carbocycles. The maximum absolute atomic E-state index is 5.17. The highest BCUT2D eigenvalue weighted by Gasteiger charge is 2.37. The molecule has 0 bridgehead atoms. The molecular formula is C18H21NO. The van der Waals surface area contributed by atoms with E-state index < -0.39 is 0 Å². The molecule has 2 unspecified atom stereocenters. The summed E-state index contributed by atoms with van der Waals surface area (Å²) in [6.45, 7) is 1.04. The second kappa shape index (κ2) is 6.10. The maximum atomic E-state index is 5.17. The molecule has 1 N–H and O–H groups in total. The van der Waals surface area contributed by atoms with Gasteiger partial charge in [0.05, 0.1) is 7.11 Å². The molecule has 3 rings (SSSR count). The Morgan fingerprint density at radius 3 is 2.50 bits per heavy atom. The fraction of sp³-hybridized carbons (Fsp3) is 0.333. The zero-order chi connectivity index (χ0) is 13.8. The quantitative estimate of drug-likeness (QED) is 0.866. The van der Waals surface area contributed by atoms with Crippen LogP contribution in [0.3, 0.4) is 0 Å². The normalized spacial score (nSPS) is 20.6. The summed E-state index contributed by atoms with van der Waals surface area (Å²) in [6.07, 6.45) is 2.34. The number of ether oxygens (including phenoxy) is 1. The van der Waals surface area contributed by atoms with Crippen LogP contribution in [0.15, 0.2) is 54.6 Å². The Morgan fingerprint density at radius 2 is 1.80 bits per heavy atom. The minimum atomic E-state index is 0.663. The molecule has 104 valence electrons. The van der Waals surface area contributed by atoms with Crippen molar-refractivity contribution in [1.82, 2.24) is 5.32 Å². The van der Waals surface area contributed by atoms with E-state index in [-0.39, 0.29) is 0 Å². The summed E-state index contributed by atoms with van der Waals surface area (Å²) in [5, 5.41) is 3.65. The maximum Gasteiger partial charge on any atom is 0.118 e. The largest absolute Gasteiger partial charge is 0.497 e. The molecule has 2 heteroatoms. The van der Waals surface area contributed by atoms with Gasteiger partial charge in [-0.25, -0.2) is 0 Å². The molecule has 1 aliphatic carbocycles. The molecular weight excluding hydrogens is 246 g/mol. The Labute approximate surface area is 120 Å². The highest BCUT2D eigenvalue weighted by Crippen LogP contribution is 2.40. The van der Waals surface area contributed by atoms with Crippen molar-refractivity contribution in [2.24, 2.45) is 0 Å². The van der Waals surface area contributed by atoms with Crippen LogP contribution in [0.1, 0.15) is 23.5 Å². The van der Waals surface area contributed by atoms with Gasteiger partial charge in [-0.2, -0.15) is 0 Å². The molecule has 2 nitrogen and oxygen atoms in total. The molecule has 0 spiro atoms. The monoisotopic (exact) mass is 267 g/mol. The molecule has 1 saturated carbocycles. The standard InChI is InChI=1S/C18H21NO/c1-20-16-9-7-14(8-10-16)11-12-19-18-13-17(18)15-5-3-2-4-6-15/h2-10,17-19H,11-13H2,1H3. The van der Waals surface area contributed by atoms with E-state index in [4.69, 9.17) is 4.74 Å². The van der Waals surface area contributed by atoms with Crippen LogP contribution in [0.4, 0.5) is 0 Å². The van der Waals surface area contributed by atoms with Crippen molar-refractivity contribution < 1.29 is 4.74 Å². The van der Waals surface area contributed by atoms with E-state index >= 15 is 0 Å². The number of rotatable bonds is 6. The molecule has 1 fully saturated rings. The Hall–Kier alpha value is -1.80. The first-order chi connectivity index (χ1) is 9.86. The SMILES string of the molecule is COc1ccc(CCNC2CC2c2ccccc2)cc1. The first-order valence-electron chi connectivity index (χ1n) is 7.28. The summed E-state index contributed by atoms with van der Waals surface area (Å²) >= 11 is 0. The second-order valence-corrected chi connectivity index (χ2v) is 5.41. The Morgan fingerprint density at radius 1 is 1.05 bits per heavy atom. The highest BCUT2D eigenvalue weighted by atomic mass is 16.5. The van der Waals surface area contributed by atoms with Crippen LogP contribution in [0, 0.1) is 0 Å². The Bertz CT molecular complexity index is 535. The van der Waals surface area contributed by atoms with Crippen molar-refractivity contribution in [3.63, 3.8) is 0 Å². The predicted molar refractivity (Wildman–Crippen MR) is 82.3 cm³/mol. The number of hydrogen-bond acceptors (Lipinski definition) is 2. The number of methoxy groups -OCH3 is 1. The van der Waals surface area contributed by atoms with Crippen LogP contribution in [-0.2, 0) is 6.42 Å². The fourth-order valence-corrected chi connectivity index (χ4v) is 2.68. The van der Waals surface area contributed by atoms with Crippen molar-refractivity contribution in [3.8, 4) is 5.75 Å². The van der Waals surface area contributed by atoms with Gasteiger partial charge in [-0.05, 0) is 42.6 Å². The number of benzene rings is 2. The zero-order valence-electron chi connectivity index (χ0n) is 11.9. The molecule has 0 amide bonds. The first kappa shape index (κ1) is 13.2. The van der Waals surface area contributed by atoms with Gasteiger partial charge in [-0.1, -0.05) is 42.5 Å². The molecule has 0 saturated heterocycles. The van der Waals surface area contributed by atoms with E-state index in [1.807, 2.05) is 12.1 Å². The lowest BCUT2D eigenvalue weighted by atomic mass is 10.1. The third-order valence-corrected chi connectivity index (χ3v) is 4.00. The smallest absolute Gasteiger partial charge is 0.118 e. The zero-order valence-corrected chi connectivity index (χ0v) is 11.9. The third-order valence-electron chi connectivity index (χ3n) is 4.00. The summed E-state index contributed by atoms with van der Waals surface area (Å²) < 4.78 is 5.17. The van der Waals surface area contributed by atoms with E-state index in [1.165, 1.54) is 17.5 Å². The molecule has 2 aromatic rings. The lowest BCUT2D eigenvalue weighted by Crippen LogP contribution is -2.20. The van der Waals surface area contributed by atoms with Gasteiger partial charge in [-0.3, -0.25) is 0 Å². The van der Waals surface area contributed by atoms with Crippen molar-refractivity contribution in [2.45, 2.75) is 24.8 Å². The van der Waals surface area contributed by atoms with Gasteiger partial charge in [0.2, 0.25) is 0 Å². The van der Waals surface area contributed by atoms with Gasteiger partial charge in [0.15, 0.2) is 0 Å². The molecule has 0 radical (unpaired) electrons. The summed E-state index contributed by atoms with van der Waals surface area (Å²) in [4.78, 5) is 0. The van der Waals surface area contributed by atoms with E-state index in [0.717, 1.165) is 18.7 Å². The van der Waals surface area contributed by atoms with E-state index in [9.17, 15) is 0 Å². The van der Waals surface area contributed by atoms with Crippen LogP contribution in [0.25, 0.3) is 0 Å². The van der Waals surface area contributed by atoms with Crippen molar-refractivity contribution in [2.75, 3.05) is 13.7 Å². The van der Waals surface area contributed by atoms with Gasteiger partial charge in [0.25, 0.3) is 0 Å². The van der Waals surface area contributed by atoms with Crippen molar-refractivity contribution in [3.05, 3.63) is 65.7 Å². The van der Waals surface area contributed by atoms with Gasteiger partial charge in [-0.15, -0.1) is 0 Å². The minimum absolute atomic E-state index is 0.663. The minimum Gasteiger partial charge on any atom is -0.497 e. The van der Waals surface area contributed by atoms with Gasteiger partial charge >= 0.3 is 0 Å². The highest BCUT2D eigenvalue weighted by molar-refractivity contribution is 5.29. The molecule has 0 heterocycles. The Kier molecular flexibility index (Phi) is 4.03. The predicted octanol–water partition coefficient (Wildman–Crippen LogP) is 3.38. The van der Waals surface area contributed by atoms with Gasteiger partial charge in [0, 0.05) is 12.0 Å². The summed E-state index contributed by atoms with van der Waals surface area (Å²) in [5.41, 5.74) is 2.82. The topological polar surface area (TPSA) is 21.3 Å². The molecule has 1 aliphatic rings. The van der Waals surface area contributed by atoms with Crippen LogP contribution in [0.2, 0.25) is 0 Å². The van der Waals surface area contributed by atoms with Crippen LogP contribution in [-0.4, -0.2) is 19.7 Å². The Balaban J connectivity index is 1.43. The van der Waals surface area contributed by atoms with Crippen LogP contribution < -0.4 is 10.1 Å². The summed E-state index contributed by atoms with van der Waals surface area (Å²) in [6, 6.07) is 19.8. The summed E-state index contributed by atoms with van der Waals surface area (Å²) in [5.74, 6) is 1.64. The van der Waals surface area contributed by atoms with Gasteiger partial charge in [0.1, 0.15) is 5.75 Å². The van der Waals surface area contributed by atoms with Crippen molar-refractivity contribution >= 4 is 0 Å². The van der Waals surface area contributed by atoms with E-state index in [1.54, 1.807) is 7.11 Å². The molecule has 0 aliphatic heterocycles. The van der Waals surface area contributed by atoms with Crippen LogP contribution in [0.5, 0.6) is 5.75 Å². The number of nitrogens with one attached hydrogen (secondary N) is 1. The lowest BCUT2D eigenvalue weighted by Gasteiger charge is -2.06.